The lowest BCUT2D eigenvalue weighted by Crippen LogP contribution is -2.52. The van der Waals surface area contributed by atoms with E-state index in [1.807, 2.05) is 0 Å². The van der Waals surface area contributed by atoms with Gasteiger partial charge in [0, 0.05) is 5.69 Å². The van der Waals surface area contributed by atoms with Crippen molar-refractivity contribution >= 4 is 17.6 Å². The van der Waals surface area contributed by atoms with Crippen LogP contribution >= 0.6 is 0 Å². The first kappa shape index (κ1) is 14.3. The first-order valence-electron chi connectivity index (χ1n) is 6.59. The SMILES string of the molecule is NC1(C(=O)Nc2ccc(O)c(C(=O)O)c2)CCCCC1. The van der Waals surface area contributed by atoms with Crippen molar-refractivity contribution in [1.29, 1.82) is 0 Å². The summed E-state index contributed by atoms with van der Waals surface area (Å²) < 4.78 is 0. The Kier molecular flexibility index (Phi) is 3.94. The molecule has 0 heterocycles. The summed E-state index contributed by atoms with van der Waals surface area (Å²) in [5.41, 5.74) is 5.28. The molecule has 20 heavy (non-hydrogen) atoms. The van der Waals surface area contributed by atoms with Crippen LogP contribution in [-0.2, 0) is 4.79 Å². The molecule has 1 aromatic carbocycles. The number of carboxylic acids is 1. The van der Waals surface area contributed by atoms with Gasteiger partial charge in [0.1, 0.15) is 11.3 Å². The summed E-state index contributed by atoms with van der Waals surface area (Å²) in [4.78, 5) is 23.1. The van der Waals surface area contributed by atoms with Crippen molar-refractivity contribution in [1.82, 2.24) is 0 Å². The highest BCUT2D eigenvalue weighted by molar-refractivity contribution is 5.99. The molecule has 0 aromatic heterocycles. The number of carbonyl (C=O) groups is 2. The van der Waals surface area contributed by atoms with Crippen molar-refractivity contribution in [2.24, 2.45) is 5.73 Å². The summed E-state index contributed by atoms with van der Waals surface area (Å²) in [5, 5.41) is 21.0. The number of benzene rings is 1. The van der Waals surface area contributed by atoms with Crippen molar-refractivity contribution in [3.8, 4) is 5.75 Å². The fourth-order valence-corrected chi connectivity index (χ4v) is 2.45. The van der Waals surface area contributed by atoms with Crippen LogP contribution in [0.1, 0.15) is 42.5 Å². The van der Waals surface area contributed by atoms with Crippen LogP contribution in [0.3, 0.4) is 0 Å². The molecule has 1 saturated carbocycles. The summed E-state index contributed by atoms with van der Waals surface area (Å²) in [6.07, 6.45) is 4.17. The molecular weight excluding hydrogens is 260 g/mol. The van der Waals surface area contributed by atoms with Gasteiger partial charge >= 0.3 is 5.97 Å². The van der Waals surface area contributed by atoms with E-state index < -0.39 is 11.5 Å². The molecule has 1 aliphatic rings. The van der Waals surface area contributed by atoms with Crippen molar-refractivity contribution in [2.45, 2.75) is 37.6 Å². The maximum Gasteiger partial charge on any atom is 0.339 e. The van der Waals surface area contributed by atoms with Gasteiger partial charge < -0.3 is 21.3 Å². The van der Waals surface area contributed by atoms with Crippen LogP contribution in [0.25, 0.3) is 0 Å². The molecule has 1 amide bonds. The molecule has 2 rings (SSSR count). The van der Waals surface area contributed by atoms with Gasteiger partial charge in [-0.15, -0.1) is 0 Å². The van der Waals surface area contributed by atoms with E-state index in [0.29, 0.717) is 18.5 Å². The molecule has 1 aliphatic carbocycles. The second-order valence-corrected chi connectivity index (χ2v) is 5.21. The number of aromatic hydroxyl groups is 1. The third-order valence-electron chi connectivity index (χ3n) is 3.68. The van der Waals surface area contributed by atoms with Gasteiger partial charge in [0.2, 0.25) is 5.91 Å². The number of nitrogens with two attached hydrogens (primary N) is 1. The summed E-state index contributed by atoms with van der Waals surface area (Å²) >= 11 is 0. The van der Waals surface area contributed by atoms with Crippen molar-refractivity contribution in [3.63, 3.8) is 0 Å². The third-order valence-corrected chi connectivity index (χ3v) is 3.68. The first-order valence-corrected chi connectivity index (χ1v) is 6.59. The Morgan fingerprint density at radius 3 is 2.45 bits per heavy atom. The minimum Gasteiger partial charge on any atom is -0.507 e. The fourth-order valence-electron chi connectivity index (χ4n) is 2.45. The standard InChI is InChI=1S/C14H18N2O4/c15-14(6-2-1-3-7-14)13(20)16-9-4-5-11(17)10(8-9)12(18)19/h4-5,8,17H,1-3,6-7,15H2,(H,16,20)(H,18,19). The van der Waals surface area contributed by atoms with Gasteiger partial charge in [-0.05, 0) is 31.0 Å². The zero-order valence-electron chi connectivity index (χ0n) is 11.1. The number of amides is 1. The Bertz CT molecular complexity index is 536. The summed E-state index contributed by atoms with van der Waals surface area (Å²) in [7, 11) is 0. The molecule has 5 N–H and O–H groups in total. The highest BCUT2D eigenvalue weighted by Crippen LogP contribution is 2.28. The van der Waals surface area contributed by atoms with Gasteiger partial charge in [-0.1, -0.05) is 19.3 Å². The number of aromatic carboxylic acids is 1. The minimum atomic E-state index is -1.25. The molecule has 0 atom stereocenters. The van der Waals surface area contributed by atoms with Crippen LogP contribution in [0.4, 0.5) is 5.69 Å². The van der Waals surface area contributed by atoms with Crippen LogP contribution in [-0.4, -0.2) is 27.6 Å². The molecule has 0 radical (unpaired) electrons. The number of hydrogen-bond acceptors (Lipinski definition) is 4. The summed E-state index contributed by atoms with van der Waals surface area (Å²) in [6, 6.07) is 3.91. The first-order chi connectivity index (χ1) is 9.42. The number of rotatable bonds is 3. The zero-order valence-corrected chi connectivity index (χ0v) is 11.1. The van der Waals surface area contributed by atoms with Crippen LogP contribution in [0, 0.1) is 0 Å². The summed E-state index contributed by atoms with van der Waals surface area (Å²) in [6.45, 7) is 0. The largest absolute Gasteiger partial charge is 0.507 e. The average Bonchev–Trinajstić information content (AvgIpc) is 2.41. The van der Waals surface area contributed by atoms with Gasteiger partial charge in [0.05, 0.1) is 5.54 Å². The molecule has 6 nitrogen and oxygen atoms in total. The lowest BCUT2D eigenvalue weighted by Gasteiger charge is -2.31. The Morgan fingerprint density at radius 2 is 1.85 bits per heavy atom. The smallest absolute Gasteiger partial charge is 0.339 e. The van der Waals surface area contributed by atoms with E-state index in [-0.39, 0.29) is 17.2 Å². The van der Waals surface area contributed by atoms with Gasteiger partial charge in [0.25, 0.3) is 0 Å². The Morgan fingerprint density at radius 1 is 1.20 bits per heavy atom. The fraction of sp³-hybridized carbons (Fsp3) is 0.429. The van der Waals surface area contributed by atoms with Crippen molar-refractivity contribution < 1.29 is 19.8 Å². The van der Waals surface area contributed by atoms with Crippen LogP contribution in [0.15, 0.2) is 18.2 Å². The highest BCUT2D eigenvalue weighted by Gasteiger charge is 2.35. The van der Waals surface area contributed by atoms with Gasteiger partial charge in [0.15, 0.2) is 0 Å². The topological polar surface area (TPSA) is 113 Å². The predicted octanol–water partition coefficient (Wildman–Crippen LogP) is 1.69. The number of carboxylic acid groups (broad SMARTS) is 1. The van der Waals surface area contributed by atoms with E-state index in [2.05, 4.69) is 5.32 Å². The molecule has 0 bridgehead atoms. The number of hydrogen-bond donors (Lipinski definition) is 4. The molecule has 6 heteroatoms. The van der Waals surface area contributed by atoms with Gasteiger partial charge in [-0.3, -0.25) is 4.79 Å². The van der Waals surface area contributed by atoms with Gasteiger partial charge in [-0.2, -0.15) is 0 Å². The normalized spacial score (nSPS) is 17.4. The van der Waals surface area contributed by atoms with E-state index in [0.717, 1.165) is 19.3 Å². The van der Waals surface area contributed by atoms with E-state index in [1.54, 1.807) is 0 Å². The van der Waals surface area contributed by atoms with E-state index in [4.69, 9.17) is 10.8 Å². The monoisotopic (exact) mass is 278 g/mol. The predicted molar refractivity (Wildman–Crippen MR) is 73.7 cm³/mol. The lowest BCUT2D eigenvalue weighted by atomic mass is 9.82. The average molecular weight is 278 g/mol. The Hall–Kier alpha value is -2.08. The zero-order chi connectivity index (χ0) is 14.8. The Balaban J connectivity index is 2.15. The van der Waals surface area contributed by atoms with Crippen LogP contribution in [0.5, 0.6) is 5.75 Å². The van der Waals surface area contributed by atoms with Gasteiger partial charge in [-0.25, -0.2) is 4.79 Å². The number of carbonyl (C=O) groups excluding carboxylic acids is 1. The second-order valence-electron chi connectivity index (χ2n) is 5.21. The van der Waals surface area contributed by atoms with E-state index in [1.165, 1.54) is 18.2 Å². The lowest BCUT2D eigenvalue weighted by molar-refractivity contribution is -0.122. The molecule has 0 spiro atoms. The molecule has 0 aliphatic heterocycles. The maximum absolute atomic E-state index is 12.2. The quantitative estimate of drug-likeness (QED) is 0.628. The van der Waals surface area contributed by atoms with Crippen LogP contribution < -0.4 is 11.1 Å². The summed E-state index contributed by atoms with van der Waals surface area (Å²) in [5.74, 6) is -1.89. The van der Waals surface area contributed by atoms with Crippen molar-refractivity contribution in [2.75, 3.05) is 5.32 Å². The molecule has 0 saturated heterocycles. The minimum absolute atomic E-state index is 0.252. The van der Waals surface area contributed by atoms with E-state index >= 15 is 0 Å². The molecule has 108 valence electrons. The highest BCUT2D eigenvalue weighted by atomic mass is 16.4. The third kappa shape index (κ3) is 2.91. The number of anilines is 1. The molecule has 1 fully saturated rings. The van der Waals surface area contributed by atoms with Crippen LogP contribution in [0.2, 0.25) is 0 Å². The molecule has 0 unspecified atom stereocenters. The maximum atomic E-state index is 12.2. The van der Waals surface area contributed by atoms with Crippen molar-refractivity contribution in [3.05, 3.63) is 23.8 Å². The number of nitrogens with one attached hydrogen (secondary N) is 1. The Labute approximate surface area is 116 Å². The number of phenols is 1. The van der Waals surface area contributed by atoms with E-state index in [9.17, 15) is 14.7 Å². The molecular formula is C14H18N2O4. The second kappa shape index (κ2) is 5.50. The molecule has 1 aromatic rings.